The Balaban J connectivity index is 1.92. The lowest BCUT2D eigenvalue weighted by molar-refractivity contribution is -0.384. The molecule has 1 aliphatic heterocycles. The van der Waals surface area contributed by atoms with Crippen LogP contribution < -0.4 is 4.90 Å². The first kappa shape index (κ1) is 20.3. The molecule has 1 saturated heterocycles. The Hall–Kier alpha value is -3.98. The van der Waals surface area contributed by atoms with Gasteiger partial charge in [0.15, 0.2) is 5.82 Å². The minimum Gasteiger partial charge on any atom is -0.507 e. The minimum absolute atomic E-state index is 0.0816. The van der Waals surface area contributed by atoms with Crippen LogP contribution in [-0.4, -0.2) is 26.9 Å². The van der Waals surface area contributed by atoms with Crippen molar-refractivity contribution in [1.82, 2.24) is 5.16 Å². The largest absolute Gasteiger partial charge is 0.507 e. The number of benzene rings is 2. The average Bonchev–Trinajstić information content (AvgIpc) is 3.29. The van der Waals surface area contributed by atoms with Crippen LogP contribution >= 0.6 is 11.6 Å². The fourth-order valence-corrected chi connectivity index (χ4v) is 3.52. The zero-order valence-corrected chi connectivity index (χ0v) is 16.7. The molecule has 156 valence electrons. The van der Waals surface area contributed by atoms with E-state index in [2.05, 4.69) is 5.16 Å². The van der Waals surface area contributed by atoms with Crippen molar-refractivity contribution in [3.63, 3.8) is 0 Å². The molecule has 0 radical (unpaired) electrons. The molecule has 1 unspecified atom stereocenters. The van der Waals surface area contributed by atoms with Gasteiger partial charge in [0, 0.05) is 28.8 Å². The first-order chi connectivity index (χ1) is 14.8. The van der Waals surface area contributed by atoms with Gasteiger partial charge in [0.05, 0.1) is 16.5 Å². The van der Waals surface area contributed by atoms with E-state index in [0.717, 1.165) is 4.90 Å². The Morgan fingerprint density at radius 1 is 1.16 bits per heavy atom. The van der Waals surface area contributed by atoms with E-state index >= 15 is 0 Å². The highest BCUT2D eigenvalue weighted by Gasteiger charge is 2.48. The first-order valence-corrected chi connectivity index (χ1v) is 9.40. The van der Waals surface area contributed by atoms with Crippen LogP contribution in [-0.2, 0) is 9.59 Å². The number of aromatic nitrogens is 1. The van der Waals surface area contributed by atoms with E-state index in [-0.39, 0.29) is 22.6 Å². The molecule has 0 spiro atoms. The molecule has 0 bridgehead atoms. The van der Waals surface area contributed by atoms with Gasteiger partial charge >= 0.3 is 5.91 Å². The number of ketones is 1. The fraction of sp³-hybridized carbons (Fsp3) is 0.0952. The van der Waals surface area contributed by atoms with Crippen LogP contribution in [0.5, 0.6) is 0 Å². The van der Waals surface area contributed by atoms with Crippen molar-refractivity contribution in [3.8, 4) is 0 Å². The molecule has 3 aromatic rings. The number of carbonyl (C=O) groups excluding carboxylic acids is 2. The molecule has 1 aliphatic rings. The van der Waals surface area contributed by atoms with Gasteiger partial charge in [0.2, 0.25) is 0 Å². The lowest BCUT2D eigenvalue weighted by atomic mass is 9.95. The predicted molar refractivity (Wildman–Crippen MR) is 111 cm³/mol. The minimum atomic E-state index is -1.07. The number of aryl methyl sites for hydroxylation is 1. The summed E-state index contributed by atoms with van der Waals surface area (Å²) in [6.45, 7) is 1.63. The van der Waals surface area contributed by atoms with Gasteiger partial charge in [-0.25, -0.2) is 0 Å². The monoisotopic (exact) mass is 439 g/mol. The van der Waals surface area contributed by atoms with E-state index in [9.17, 15) is 24.8 Å². The number of Topliss-reactive ketones (excluding diaryl/α,β-unsaturated/α-hetero) is 1. The number of carbonyl (C=O) groups is 2. The lowest BCUT2D eigenvalue weighted by Gasteiger charge is -2.22. The molecule has 2 aromatic carbocycles. The standard InChI is InChI=1S/C21H14ClN3O6/c1-11-10-16(23-31-11)24-18(12-4-8-15(9-5-12)25(29)30)17(20(27)21(24)28)19(26)13-2-6-14(22)7-3-13/h2-10,18,26H,1H3/b19-17+. The van der Waals surface area contributed by atoms with Crippen molar-refractivity contribution in [1.29, 1.82) is 0 Å². The van der Waals surface area contributed by atoms with E-state index in [1.165, 1.54) is 54.6 Å². The summed E-state index contributed by atoms with van der Waals surface area (Å²) in [6.07, 6.45) is 0. The van der Waals surface area contributed by atoms with Crippen LogP contribution in [0.4, 0.5) is 11.5 Å². The van der Waals surface area contributed by atoms with Gasteiger partial charge in [-0.15, -0.1) is 0 Å². The number of amides is 1. The van der Waals surface area contributed by atoms with E-state index in [1.54, 1.807) is 6.92 Å². The second-order valence-corrected chi connectivity index (χ2v) is 7.26. The van der Waals surface area contributed by atoms with Crippen molar-refractivity contribution < 1.29 is 24.1 Å². The van der Waals surface area contributed by atoms with Gasteiger partial charge in [0.1, 0.15) is 11.5 Å². The van der Waals surface area contributed by atoms with Crippen molar-refractivity contribution in [2.75, 3.05) is 4.90 Å². The molecule has 31 heavy (non-hydrogen) atoms. The van der Waals surface area contributed by atoms with E-state index < -0.39 is 28.4 Å². The number of nitrogens with zero attached hydrogens (tertiary/aromatic N) is 3. The van der Waals surface area contributed by atoms with Crippen molar-refractivity contribution in [3.05, 3.63) is 92.2 Å². The lowest BCUT2D eigenvalue weighted by Crippen LogP contribution is -2.29. The average molecular weight is 440 g/mol. The van der Waals surface area contributed by atoms with Gasteiger partial charge in [-0.2, -0.15) is 0 Å². The van der Waals surface area contributed by atoms with Crippen molar-refractivity contribution in [2.45, 2.75) is 13.0 Å². The maximum atomic E-state index is 12.9. The number of rotatable bonds is 4. The molecular weight excluding hydrogens is 426 g/mol. The summed E-state index contributed by atoms with van der Waals surface area (Å²) < 4.78 is 5.05. The maximum absolute atomic E-state index is 12.9. The number of aliphatic hydroxyl groups is 1. The molecule has 1 aromatic heterocycles. The topological polar surface area (TPSA) is 127 Å². The number of aliphatic hydroxyl groups excluding tert-OH is 1. The Morgan fingerprint density at radius 3 is 2.35 bits per heavy atom. The number of hydrogen-bond donors (Lipinski definition) is 1. The summed E-state index contributed by atoms with van der Waals surface area (Å²) in [5, 5.41) is 26.2. The Bertz CT molecular complexity index is 1230. The third kappa shape index (κ3) is 3.55. The summed E-state index contributed by atoms with van der Waals surface area (Å²) in [4.78, 5) is 37.4. The summed E-state index contributed by atoms with van der Waals surface area (Å²) in [5.74, 6) is -1.74. The third-order valence-electron chi connectivity index (χ3n) is 4.84. The highest BCUT2D eigenvalue weighted by atomic mass is 35.5. The summed E-state index contributed by atoms with van der Waals surface area (Å²) in [6, 6.07) is 11.9. The molecule has 1 atom stereocenters. The van der Waals surface area contributed by atoms with Crippen LogP contribution in [0.3, 0.4) is 0 Å². The normalized spacial score (nSPS) is 17.9. The first-order valence-electron chi connectivity index (χ1n) is 9.02. The highest BCUT2D eigenvalue weighted by molar-refractivity contribution is 6.51. The van der Waals surface area contributed by atoms with Gasteiger partial charge in [0.25, 0.3) is 11.5 Å². The van der Waals surface area contributed by atoms with Gasteiger partial charge < -0.3 is 9.63 Å². The maximum Gasteiger partial charge on any atom is 0.301 e. The van der Waals surface area contributed by atoms with Crippen LogP contribution in [0, 0.1) is 17.0 Å². The van der Waals surface area contributed by atoms with Gasteiger partial charge in [-0.1, -0.05) is 16.8 Å². The zero-order valence-electron chi connectivity index (χ0n) is 16.0. The second-order valence-electron chi connectivity index (χ2n) is 6.82. The molecule has 0 aliphatic carbocycles. The van der Waals surface area contributed by atoms with Crippen molar-refractivity contribution in [2.24, 2.45) is 0 Å². The fourth-order valence-electron chi connectivity index (χ4n) is 3.39. The molecule has 1 amide bonds. The molecule has 2 heterocycles. The predicted octanol–water partition coefficient (Wildman–Crippen LogP) is 4.17. The van der Waals surface area contributed by atoms with E-state index in [1.807, 2.05) is 0 Å². The van der Waals surface area contributed by atoms with Crippen LogP contribution in [0.15, 0.2) is 64.7 Å². The molecule has 10 heteroatoms. The van der Waals surface area contributed by atoms with Gasteiger partial charge in [-0.3, -0.25) is 24.6 Å². The van der Waals surface area contributed by atoms with E-state index in [0.29, 0.717) is 16.3 Å². The Morgan fingerprint density at radius 2 is 1.81 bits per heavy atom. The van der Waals surface area contributed by atoms with Crippen LogP contribution in [0.25, 0.3) is 5.76 Å². The van der Waals surface area contributed by atoms with Gasteiger partial charge in [-0.05, 0) is 48.9 Å². The van der Waals surface area contributed by atoms with Crippen LogP contribution in [0.1, 0.15) is 22.9 Å². The molecule has 4 rings (SSSR count). The molecule has 9 nitrogen and oxygen atoms in total. The number of non-ortho nitro benzene ring substituents is 1. The summed E-state index contributed by atoms with van der Waals surface area (Å²) >= 11 is 5.90. The number of hydrogen-bond acceptors (Lipinski definition) is 7. The number of halogens is 1. The number of nitro benzene ring substituents is 1. The molecule has 0 saturated carbocycles. The smallest absolute Gasteiger partial charge is 0.301 e. The second kappa shape index (κ2) is 7.69. The highest BCUT2D eigenvalue weighted by Crippen LogP contribution is 2.42. The molecule has 1 N–H and O–H groups in total. The SMILES string of the molecule is Cc1cc(N2C(=O)C(=O)/C(=C(/O)c3ccc(Cl)cc3)C2c2ccc([N+](=O)[O-])cc2)no1. The molecular formula is C21H14ClN3O6. The zero-order chi connectivity index (χ0) is 22.3. The quantitative estimate of drug-likeness (QED) is 0.212. The third-order valence-corrected chi connectivity index (χ3v) is 5.10. The summed E-state index contributed by atoms with van der Waals surface area (Å²) in [7, 11) is 0. The Kier molecular flexibility index (Phi) is 5.04. The van der Waals surface area contributed by atoms with Crippen LogP contribution in [0.2, 0.25) is 5.02 Å². The van der Waals surface area contributed by atoms with Crippen molar-refractivity contribution >= 4 is 40.6 Å². The number of anilines is 1. The molecule has 1 fully saturated rings. The number of nitro groups is 1. The van der Waals surface area contributed by atoms with E-state index in [4.69, 9.17) is 16.1 Å². The Labute approximate surface area is 180 Å². The summed E-state index contributed by atoms with van der Waals surface area (Å²) in [5.41, 5.74) is 0.323.